The minimum Gasteiger partial charge on any atom is -0.388 e. The van der Waals surface area contributed by atoms with Crippen LogP contribution in [0.15, 0.2) is 0 Å². The zero-order valence-electron chi connectivity index (χ0n) is 7.56. The highest BCUT2D eigenvalue weighted by atomic mass is 16.5. The van der Waals surface area contributed by atoms with E-state index in [1.54, 1.807) is 0 Å². The topological polar surface area (TPSA) is 60.7 Å². The fourth-order valence-corrected chi connectivity index (χ4v) is 4.06. The molecule has 0 heterocycles. The van der Waals surface area contributed by atoms with Crippen LogP contribution in [-0.2, 0) is 0 Å². The van der Waals surface area contributed by atoms with Gasteiger partial charge in [-0.25, -0.2) is 0 Å². The molecule has 3 saturated carbocycles. The third kappa shape index (κ3) is 0.853. The Hall–Kier alpha value is -0.120. The highest BCUT2D eigenvalue weighted by Gasteiger charge is 2.63. The van der Waals surface area contributed by atoms with E-state index in [0.717, 1.165) is 12.8 Å². The average Bonchev–Trinajstić information content (AvgIpc) is 2.66. The number of hydrogen-bond donors (Lipinski definition) is 3. The van der Waals surface area contributed by atoms with Gasteiger partial charge in [-0.05, 0) is 43.4 Å². The van der Waals surface area contributed by atoms with Gasteiger partial charge in [0.1, 0.15) is 6.10 Å². The quantitative estimate of drug-likeness (QED) is 0.468. The van der Waals surface area contributed by atoms with Gasteiger partial charge in [-0.2, -0.15) is 0 Å². The third-order valence-electron chi connectivity index (χ3n) is 4.56. The Bertz CT molecular complexity index is 238. The van der Waals surface area contributed by atoms with Crippen molar-refractivity contribution in [3.8, 4) is 0 Å². The molecule has 0 radical (unpaired) electrons. The summed E-state index contributed by atoms with van der Waals surface area (Å²) in [6, 6.07) is 0. The molecule has 0 saturated heterocycles. The van der Waals surface area contributed by atoms with Crippen LogP contribution >= 0.6 is 0 Å². The summed E-state index contributed by atoms with van der Waals surface area (Å²) < 4.78 is 0. The number of fused-ring (bicyclic) bond motifs is 5. The molecule has 3 aliphatic carbocycles. The van der Waals surface area contributed by atoms with E-state index in [-0.39, 0.29) is 5.92 Å². The lowest BCUT2D eigenvalue weighted by Gasteiger charge is -2.32. The molecular weight excluding hydrogens is 168 g/mol. The number of aliphatic hydroxyl groups excluding tert-OH is 1. The standard InChI is InChI=1S/C10H16O3/c11-8-4-7-5-1-2-6(3-5)9(7)10(8,12)13/h5-9,11-13H,1-4H2/t5-,6-,7+,8+,9+/m0/s1. The Kier molecular flexibility index (Phi) is 1.43. The summed E-state index contributed by atoms with van der Waals surface area (Å²) in [5.74, 6) is -0.331. The summed E-state index contributed by atoms with van der Waals surface area (Å²) in [7, 11) is 0. The van der Waals surface area contributed by atoms with Gasteiger partial charge in [0.2, 0.25) is 0 Å². The van der Waals surface area contributed by atoms with Crippen molar-refractivity contribution in [1.82, 2.24) is 0 Å². The Labute approximate surface area is 77.4 Å². The predicted molar refractivity (Wildman–Crippen MR) is 45.6 cm³/mol. The van der Waals surface area contributed by atoms with Gasteiger partial charge in [0.05, 0.1) is 0 Å². The zero-order valence-corrected chi connectivity index (χ0v) is 7.56. The summed E-state index contributed by atoms with van der Waals surface area (Å²) in [5.41, 5.74) is 0. The molecule has 0 amide bonds. The molecule has 0 aliphatic heterocycles. The Morgan fingerprint density at radius 3 is 2.38 bits per heavy atom. The highest BCUT2D eigenvalue weighted by molar-refractivity contribution is 5.08. The number of hydrogen-bond acceptors (Lipinski definition) is 3. The highest BCUT2D eigenvalue weighted by Crippen LogP contribution is 2.61. The van der Waals surface area contributed by atoms with Gasteiger partial charge < -0.3 is 15.3 Å². The van der Waals surface area contributed by atoms with E-state index in [9.17, 15) is 15.3 Å². The van der Waals surface area contributed by atoms with Crippen LogP contribution in [0, 0.1) is 23.7 Å². The van der Waals surface area contributed by atoms with Gasteiger partial charge in [0, 0.05) is 5.92 Å². The second kappa shape index (κ2) is 2.27. The molecule has 3 heteroatoms. The summed E-state index contributed by atoms with van der Waals surface area (Å²) >= 11 is 0. The van der Waals surface area contributed by atoms with Crippen molar-refractivity contribution < 1.29 is 15.3 Å². The van der Waals surface area contributed by atoms with Crippen LogP contribution in [0.4, 0.5) is 0 Å². The lowest BCUT2D eigenvalue weighted by atomic mass is 9.80. The summed E-state index contributed by atoms with van der Waals surface area (Å²) in [5, 5.41) is 29.0. The van der Waals surface area contributed by atoms with Crippen LogP contribution in [0.3, 0.4) is 0 Å². The van der Waals surface area contributed by atoms with Gasteiger partial charge in [0.25, 0.3) is 0 Å². The SMILES string of the molecule is O[C@@H]1C[C@@H]2[C@H]3CC[C@@H](C3)[C@H]2C1(O)O. The van der Waals surface area contributed by atoms with E-state index in [1.165, 1.54) is 6.42 Å². The molecule has 74 valence electrons. The van der Waals surface area contributed by atoms with Crippen LogP contribution in [0.1, 0.15) is 25.7 Å². The molecule has 13 heavy (non-hydrogen) atoms. The molecule has 0 spiro atoms. The first-order valence-electron chi connectivity index (χ1n) is 5.23. The predicted octanol–water partition coefficient (Wildman–Crippen LogP) is 0.0942. The molecule has 3 nitrogen and oxygen atoms in total. The second-order valence-electron chi connectivity index (χ2n) is 5.06. The van der Waals surface area contributed by atoms with Crippen LogP contribution in [0.5, 0.6) is 0 Å². The molecule has 5 atom stereocenters. The van der Waals surface area contributed by atoms with E-state index < -0.39 is 11.9 Å². The van der Waals surface area contributed by atoms with E-state index in [0.29, 0.717) is 24.2 Å². The number of rotatable bonds is 0. The Morgan fingerprint density at radius 2 is 1.69 bits per heavy atom. The van der Waals surface area contributed by atoms with Crippen molar-refractivity contribution in [2.75, 3.05) is 0 Å². The molecule has 0 aromatic carbocycles. The van der Waals surface area contributed by atoms with Gasteiger partial charge in [-0.1, -0.05) is 0 Å². The van der Waals surface area contributed by atoms with Crippen molar-refractivity contribution in [2.45, 2.75) is 37.6 Å². The van der Waals surface area contributed by atoms with Crippen LogP contribution in [0.25, 0.3) is 0 Å². The summed E-state index contributed by atoms with van der Waals surface area (Å²) in [6.45, 7) is 0. The molecule has 3 fully saturated rings. The van der Waals surface area contributed by atoms with E-state index >= 15 is 0 Å². The van der Waals surface area contributed by atoms with Crippen molar-refractivity contribution in [2.24, 2.45) is 23.7 Å². The summed E-state index contributed by atoms with van der Waals surface area (Å²) in [4.78, 5) is 0. The first kappa shape index (κ1) is 8.21. The fourth-order valence-electron chi connectivity index (χ4n) is 4.06. The maximum absolute atomic E-state index is 9.76. The van der Waals surface area contributed by atoms with Crippen LogP contribution < -0.4 is 0 Å². The smallest absolute Gasteiger partial charge is 0.192 e. The van der Waals surface area contributed by atoms with Crippen molar-refractivity contribution in [3.63, 3.8) is 0 Å². The molecule has 3 aliphatic rings. The van der Waals surface area contributed by atoms with Gasteiger partial charge in [-0.15, -0.1) is 0 Å². The number of aliphatic hydroxyl groups is 3. The minimum atomic E-state index is -1.79. The monoisotopic (exact) mass is 184 g/mol. The van der Waals surface area contributed by atoms with Crippen LogP contribution in [-0.4, -0.2) is 27.2 Å². The van der Waals surface area contributed by atoms with Gasteiger partial charge in [0.15, 0.2) is 5.79 Å². The fraction of sp³-hybridized carbons (Fsp3) is 1.00. The maximum Gasteiger partial charge on any atom is 0.192 e. The largest absolute Gasteiger partial charge is 0.388 e. The molecular formula is C10H16O3. The maximum atomic E-state index is 9.76. The average molecular weight is 184 g/mol. The molecule has 0 aromatic rings. The molecule has 3 N–H and O–H groups in total. The third-order valence-corrected chi connectivity index (χ3v) is 4.56. The molecule has 2 bridgehead atoms. The van der Waals surface area contributed by atoms with E-state index in [4.69, 9.17) is 0 Å². The Morgan fingerprint density at radius 1 is 1.00 bits per heavy atom. The van der Waals surface area contributed by atoms with Gasteiger partial charge >= 0.3 is 0 Å². The van der Waals surface area contributed by atoms with E-state index in [2.05, 4.69) is 0 Å². The van der Waals surface area contributed by atoms with Crippen LogP contribution in [0.2, 0.25) is 0 Å². The zero-order chi connectivity index (χ0) is 9.22. The first-order chi connectivity index (χ1) is 6.10. The lowest BCUT2D eigenvalue weighted by molar-refractivity contribution is -0.243. The van der Waals surface area contributed by atoms with Crippen molar-refractivity contribution >= 4 is 0 Å². The van der Waals surface area contributed by atoms with Gasteiger partial charge in [-0.3, -0.25) is 0 Å². The molecule has 0 unspecified atom stereocenters. The Balaban J connectivity index is 1.96. The molecule has 3 rings (SSSR count). The summed E-state index contributed by atoms with van der Waals surface area (Å²) in [6.07, 6.45) is 3.20. The van der Waals surface area contributed by atoms with Crippen molar-refractivity contribution in [1.29, 1.82) is 0 Å². The second-order valence-corrected chi connectivity index (χ2v) is 5.06. The normalized spacial score (nSPS) is 57.0. The van der Waals surface area contributed by atoms with E-state index in [1.807, 2.05) is 0 Å². The van der Waals surface area contributed by atoms with Crippen molar-refractivity contribution in [3.05, 3.63) is 0 Å². The lowest BCUT2D eigenvalue weighted by Crippen LogP contribution is -2.45. The molecule has 0 aromatic heterocycles. The minimum absolute atomic E-state index is 0.0405. The first-order valence-corrected chi connectivity index (χ1v) is 5.23.